The van der Waals surface area contributed by atoms with Crippen LogP contribution in [0.25, 0.3) is 0 Å². The first-order valence-electron chi connectivity index (χ1n) is 6.53. The highest BCUT2D eigenvalue weighted by Gasteiger charge is 2.18. The van der Waals surface area contributed by atoms with Gasteiger partial charge in [-0.3, -0.25) is 14.9 Å². The van der Waals surface area contributed by atoms with Crippen LogP contribution in [0, 0.1) is 10.1 Å². The number of carbonyl (C=O) groups is 1. The summed E-state index contributed by atoms with van der Waals surface area (Å²) in [5.41, 5.74) is 0.328. The SMILES string of the molecule is O=C(CNc1ccc(Br)cc1[N+](=O)[O-])N1CCCCC1. The van der Waals surface area contributed by atoms with Gasteiger partial charge < -0.3 is 10.2 Å². The van der Waals surface area contributed by atoms with Gasteiger partial charge in [0.1, 0.15) is 5.69 Å². The fourth-order valence-electron chi connectivity index (χ4n) is 2.23. The quantitative estimate of drug-likeness (QED) is 0.674. The van der Waals surface area contributed by atoms with Gasteiger partial charge in [0.25, 0.3) is 5.69 Å². The molecule has 2 rings (SSSR count). The molecule has 0 unspecified atom stereocenters. The monoisotopic (exact) mass is 341 g/mol. The molecule has 1 heterocycles. The Labute approximate surface area is 125 Å². The molecule has 1 fully saturated rings. The molecule has 1 N–H and O–H groups in total. The molecule has 0 saturated carbocycles. The van der Waals surface area contributed by atoms with Gasteiger partial charge in [-0.25, -0.2) is 0 Å². The lowest BCUT2D eigenvalue weighted by molar-refractivity contribution is -0.384. The minimum absolute atomic E-state index is 0.0121. The van der Waals surface area contributed by atoms with Gasteiger partial charge in [-0.15, -0.1) is 0 Å². The van der Waals surface area contributed by atoms with Crippen LogP contribution in [0.1, 0.15) is 19.3 Å². The molecule has 1 aromatic rings. The lowest BCUT2D eigenvalue weighted by Gasteiger charge is -2.26. The Kier molecular flexibility index (Phi) is 4.94. The Morgan fingerprint density at radius 3 is 2.70 bits per heavy atom. The molecule has 7 heteroatoms. The second-order valence-electron chi connectivity index (χ2n) is 4.71. The molecular weight excluding hydrogens is 326 g/mol. The van der Waals surface area contributed by atoms with Gasteiger partial charge >= 0.3 is 0 Å². The molecule has 1 aliphatic heterocycles. The van der Waals surface area contributed by atoms with E-state index in [-0.39, 0.29) is 18.1 Å². The van der Waals surface area contributed by atoms with Crippen molar-refractivity contribution in [2.45, 2.75) is 19.3 Å². The zero-order valence-electron chi connectivity index (χ0n) is 11.0. The maximum Gasteiger partial charge on any atom is 0.293 e. The zero-order chi connectivity index (χ0) is 14.5. The molecule has 1 aromatic carbocycles. The number of anilines is 1. The second-order valence-corrected chi connectivity index (χ2v) is 5.63. The van der Waals surface area contributed by atoms with Crippen molar-refractivity contribution in [2.24, 2.45) is 0 Å². The minimum atomic E-state index is -0.460. The average molecular weight is 342 g/mol. The number of carbonyl (C=O) groups excluding carboxylic acids is 1. The van der Waals surface area contributed by atoms with E-state index in [0.717, 1.165) is 32.4 Å². The third-order valence-electron chi connectivity index (χ3n) is 3.30. The number of piperidine rings is 1. The lowest BCUT2D eigenvalue weighted by Crippen LogP contribution is -2.39. The molecule has 0 aliphatic carbocycles. The molecule has 108 valence electrons. The molecule has 1 aliphatic rings. The van der Waals surface area contributed by atoms with Crippen LogP contribution in [-0.2, 0) is 4.79 Å². The van der Waals surface area contributed by atoms with Crippen LogP contribution in [0.5, 0.6) is 0 Å². The van der Waals surface area contributed by atoms with Gasteiger partial charge in [-0.1, -0.05) is 15.9 Å². The van der Waals surface area contributed by atoms with Gasteiger partial charge in [-0.2, -0.15) is 0 Å². The highest BCUT2D eigenvalue weighted by Crippen LogP contribution is 2.27. The third-order valence-corrected chi connectivity index (χ3v) is 3.79. The number of nitro groups is 1. The number of hydrogen-bond donors (Lipinski definition) is 1. The summed E-state index contributed by atoms with van der Waals surface area (Å²) < 4.78 is 0.636. The highest BCUT2D eigenvalue weighted by molar-refractivity contribution is 9.10. The predicted octanol–water partition coefficient (Wildman–Crippen LogP) is 2.78. The molecule has 0 atom stereocenters. The van der Waals surface area contributed by atoms with E-state index >= 15 is 0 Å². The van der Waals surface area contributed by atoms with Crippen molar-refractivity contribution in [1.82, 2.24) is 4.90 Å². The van der Waals surface area contributed by atoms with Gasteiger partial charge in [0, 0.05) is 23.6 Å². The van der Waals surface area contributed by atoms with E-state index in [9.17, 15) is 14.9 Å². The molecular formula is C13H16BrN3O3. The van der Waals surface area contributed by atoms with E-state index in [2.05, 4.69) is 21.2 Å². The number of rotatable bonds is 4. The van der Waals surface area contributed by atoms with E-state index in [0.29, 0.717) is 10.2 Å². The first-order chi connectivity index (χ1) is 9.58. The van der Waals surface area contributed by atoms with Crippen LogP contribution in [0.3, 0.4) is 0 Å². The summed E-state index contributed by atoms with van der Waals surface area (Å²) in [4.78, 5) is 24.3. The van der Waals surface area contributed by atoms with Gasteiger partial charge in [0.15, 0.2) is 0 Å². The van der Waals surface area contributed by atoms with Crippen molar-refractivity contribution in [1.29, 1.82) is 0 Å². The highest BCUT2D eigenvalue weighted by atomic mass is 79.9. The third kappa shape index (κ3) is 3.69. The normalized spacial score (nSPS) is 14.9. The van der Waals surface area contributed by atoms with E-state index in [1.54, 1.807) is 17.0 Å². The Balaban J connectivity index is 1.99. The van der Waals surface area contributed by atoms with Crippen molar-refractivity contribution in [3.8, 4) is 0 Å². The summed E-state index contributed by atoms with van der Waals surface area (Å²) in [7, 11) is 0. The van der Waals surface area contributed by atoms with Crippen molar-refractivity contribution >= 4 is 33.2 Å². The molecule has 0 radical (unpaired) electrons. The number of hydrogen-bond acceptors (Lipinski definition) is 4. The molecule has 0 spiro atoms. The summed E-state index contributed by atoms with van der Waals surface area (Å²) in [6.45, 7) is 1.65. The van der Waals surface area contributed by atoms with Crippen molar-refractivity contribution in [3.05, 3.63) is 32.8 Å². The fourth-order valence-corrected chi connectivity index (χ4v) is 2.58. The standard InChI is InChI=1S/C13H16BrN3O3/c14-10-4-5-11(12(8-10)17(19)20)15-9-13(18)16-6-2-1-3-7-16/h4-5,8,15H,1-3,6-7,9H2. The molecule has 20 heavy (non-hydrogen) atoms. The largest absolute Gasteiger partial charge is 0.371 e. The summed E-state index contributed by atoms with van der Waals surface area (Å²) in [5.74, 6) is -0.0121. The smallest absolute Gasteiger partial charge is 0.293 e. The van der Waals surface area contributed by atoms with E-state index < -0.39 is 4.92 Å². The predicted molar refractivity (Wildman–Crippen MR) is 79.7 cm³/mol. The van der Waals surface area contributed by atoms with Crippen LogP contribution in [-0.4, -0.2) is 35.4 Å². The summed E-state index contributed by atoms with van der Waals surface area (Å²) in [6.07, 6.45) is 3.23. The number of nitrogens with one attached hydrogen (secondary N) is 1. The number of likely N-dealkylation sites (tertiary alicyclic amines) is 1. The van der Waals surface area contributed by atoms with E-state index in [1.807, 2.05) is 0 Å². The second kappa shape index (κ2) is 6.69. The molecule has 1 saturated heterocycles. The number of nitro benzene ring substituents is 1. The van der Waals surface area contributed by atoms with Gasteiger partial charge in [0.2, 0.25) is 5.91 Å². The Morgan fingerprint density at radius 1 is 1.35 bits per heavy atom. The first kappa shape index (κ1) is 14.8. The van der Waals surface area contributed by atoms with Crippen LogP contribution < -0.4 is 5.32 Å². The maximum absolute atomic E-state index is 12.0. The van der Waals surface area contributed by atoms with Gasteiger partial charge in [-0.05, 0) is 31.4 Å². The van der Waals surface area contributed by atoms with Crippen LogP contribution in [0.2, 0.25) is 0 Å². The van der Waals surface area contributed by atoms with Crippen molar-refractivity contribution in [3.63, 3.8) is 0 Å². The summed E-state index contributed by atoms with van der Waals surface area (Å²) >= 11 is 3.20. The average Bonchev–Trinajstić information content (AvgIpc) is 2.46. The zero-order valence-corrected chi connectivity index (χ0v) is 12.6. The van der Waals surface area contributed by atoms with Crippen LogP contribution >= 0.6 is 15.9 Å². The Morgan fingerprint density at radius 2 is 2.05 bits per heavy atom. The lowest BCUT2D eigenvalue weighted by atomic mass is 10.1. The number of halogens is 1. The van der Waals surface area contributed by atoms with E-state index in [4.69, 9.17) is 0 Å². The summed E-state index contributed by atoms with van der Waals surface area (Å²) in [5, 5.41) is 13.8. The molecule has 6 nitrogen and oxygen atoms in total. The maximum atomic E-state index is 12.0. The molecule has 0 bridgehead atoms. The van der Waals surface area contributed by atoms with Crippen LogP contribution in [0.15, 0.2) is 22.7 Å². The molecule has 1 amide bonds. The van der Waals surface area contributed by atoms with Crippen molar-refractivity contribution in [2.75, 3.05) is 25.0 Å². The fraction of sp³-hybridized carbons (Fsp3) is 0.462. The Bertz CT molecular complexity index is 516. The minimum Gasteiger partial charge on any atom is -0.371 e. The number of nitrogens with zero attached hydrogens (tertiary/aromatic N) is 2. The Hall–Kier alpha value is -1.63. The van der Waals surface area contributed by atoms with Crippen LogP contribution in [0.4, 0.5) is 11.4 Å². The number of amides is 1. The van der Waals surface area contributed by atoms with Gasteiger partial charge in [0.05, 0.1) is 11.5 Å². The van der Waals surface area contributed by atoms with Crippen molar-refractivity contribution < 1.29 is 9.72 Å². The summed E-state index contributed by atoms with van der Waals surface area (Å²) in [6, 6.07) is 4.74. The van der Waals surface area contributed by atoms with E-state index in [1.165, 1.54) is 6.07 Å². The number of benzene rings is 1. The molecule has 0 aromatic heterocycles. The first-order valence-corrected chi connectivity index (χ1v) is 7.33. The topological polar surface area (TPSA) is 75.5 Å².